The van der Waals surface area contributed by atoms with Crippen LogP contribution in [0.4, 0.5) is 0 Å². The minimum atomic E-state index is 0.163. The van der Waals surface area contributed by atoms with Gasteiger partial charge in [-0.05, 0) is 50.9 Å². The number of benzene rings is 1. The van der Waals surface area contributed by atoms with Gasteiger partial charge in [-0.25, -0.2) is 0 Å². The smallest absolute Gasteiger partial charge is 0.121 e. The summed E-state index contributed by atoms with van der Waals surface area (Å²) < 4.78 is 6.01. The summed E-state index contributed by atoms with van der Waals surface area (Å²) in [7, 11) is 2.03. The summed E-state index contributed by atoms with van der Waals surface area (Å²) in [6.07, 6.45) is 5.50. The van der Waals surface area contributed by atoms with Gasteiger partial charge < -0.3 is 10.1 Å². The maximum Gasteiger partial charge on any atom is 0.121 e. The number of halogens is 1. The zero-order valence-electron chi connectivity index (χ0n) is 11.2. The molecule has 2 unspecified atom stereocenters. The number of rotatable bonds is 5. The molecule has 2 rings (SSSR count). The van der Waals surface area contributed by atoms with Gasteiger partial charge >= 0.3 is 0 Å². The van der Waals surface area contributed by atoms with Gasteiger partial charge in [-0.2, -0.15) is 0 Å². The van der Waals surface area contributed by atoms with Crippen molar-refractivity contribution >= 4 is 11.6 Å². The second-order valence-corrected chi connectivity index (χ2v) is 5.58. The molecule has 0 bridgehead atoms. The molecule has 2 atom stereocenters. The highest BCUT2D eigenvalue weighted by atomic mass is 35.5. The normalized spacial score (nSPS) is 19.7. The monoisotopic (exact) mass is 267 g/mol. The first-order valence-corrected chi connectivity index (χ1v) is 7.18. The van der Waals surface area contributed by atoms with Crippen LogP contribution in [0.3, 0.4) is 0 Å². The number of hydrogen-bond donors (Lipinski definition) is 1. The minimum Gasteiger partial charge on any atom is -0.489 e. The molecule has 1 fully saturated rings. The molecule has 0 saturated heterocycles. The second kappa shape index (κ2) is 6.44. The van der Waals surface area contributed by atoms with Crippen molar-refractivity contribution in [1.82, 2.24) is 5.32 Å². The molecule has 1 aliphatic rings. The van der Waals surface area contributed by atoms with Crippen LogP contribution in [0.1, 0.15) is 32.6 Å². The Morgan fingerprint density at radius 1 is 1.33 bits per heavy atom. The van der Waals surface area contributed by atoms with Crippen LogP contribution in [0.5, 0.6) is 5.75 Å². The summed E-state index contributed by atoms with van der Waals surface area (Å²) >= 11 is 5.97. The van der Waals surface area contributed by atoms with Crippen molar-refractivity contribution in [2.45, 2.75) is 44.8 Å². The van der Waals surface area contributed by atoms with E-state index in [1.807, 2.05) is 31.3 Å². The maximum atomic E-state index is 6.01. The third-order valence-corrected chi connectivity index (χ3v) is 4.10. The first-order chi connectivity index (χ1) is 8.70. The van der Waals surface area contributed by atoms with Gasteiger partial charge in [0.2, 0.25) is 0 Å². The predicted molar refractivity (Wildman–Crippen MR) is 76.3 cm³/mol. The Balaban J connectivity index is 1.98. The minimum absolute atomic E-state index is 0.163. The lowest BCUT2D eigenvalue weighted by molar-refractivity contribution is 0.140. The van der Waals surface area contributed by atoms with E-state index in [4.69, 9.17) is 16.3 Å². The Morgan fingerprint density at radius 3 is 2.67 bits per heavy atom. The third-order valence-electron chi connectivity index (χ3n) is 3.86. The zero-order chi connectivity index (χ0) is 13.0. The molecule has 1 saturated carbocycles. The highest BCUT2D eigenvalue weighted by molar-refractivity contribution is 6.30. The molecular formula is C15H22ClNO. The van der Waals surface area contributed by atoms with E-state index in [9.17, 15) is 0 Å². The molecule has 100 valence electrons. The summed E-state index contributed by atoms with van der Waals surface area (Å²) in [4.78, 5) is 0. The quantitative estimate of drug-likeness (QED) is 0.874. The van der Waals surface area contributed by atoms with Crippen molar-refractivity contribution in [3.63, 3.8) is 0 Å². The molecular weight excluding hydrogens is 246 g/mol. The Bertz CT molecular complexity index is 377. The van der Waals surface area contributed by atoms with Crippen LogP contribution in [0, 0.1) is 5.92 Å². The fourth-order valence-electron chi connectivity index (χ4n) is 3.00. The molecule has 0 spiro atoms. The van der Waals surface area contributed by atoms with Gasteiger partial charge in [-0.1, -0.05) is 30.5 Å². The van der Waals surface area contributed by atoms with E-state index in [2.05, 4.69) is 12.2 Å². The van der Waals surface area contributed by atoms with Crippen LogP contribution < -0.4 is 10.1 Å². The van der Waals surface area contributed by atoms with Gasteiger partial charge in [-0.3, -0.25) is 0 Å². The summed E-state index contributed by atoms with van der Waals surface area (Å²) in [5, 5.41) is 4.14. The predicted octanol–water partition coefficient (Wildman–Crippen LogP) is 3.89. The standard InChI is InChI=1S/C15H22ClNO/c1-11(15(17-2)12-6-3-4-7-12)18-14-9-5-8-13(16)10-14/h5,8-12,15,17H,3-4,6-7H2,1-2H3. The fraction of sp³-hybridized carbons (Fsp3) is 0.600. The van der Waals surface area contributed by atoms with E-state index in [1.54, 1.807) is 0 Å². The van der Waals surface area contributed by atoms with Crippen LogP contribution in [-0.2, 0) is 0 Å². The second-order valence-electron chi connectivity index (χ2n) is 5.14. The van der Waals surface area contributed by atoms with Crippen LogP contribution in [-0.4, -0.2) is 19.2 Å². The average Bonchev–Trinajstić information content (AvgIpc) is 2.83. The molecule has 2 nitrogen and oxygen atoms in total. The molecule has 0 amide bonds. The molecule has 3 heteroatoms. The molecule has 1 N–H and O–H groups in total. The number of hydrogen-bond acceptors (Lipinski definition) is 2. The highest BCUT2D eigenvalue weighted by Crippen LogP contribution is 2.30. The molecule has 0 radical (unpaired) electrons. The Kier molecular flexibility index (Phi) is 4.90. The molecule has 1 aromatic carbocycles. The lowest BCUT2D eigenvalue weighted by atomic mass is 9.94. The van der Waals surface area contributed by atoms with Crippen molar-refractivity contribution in [2.75, 3.05) is 7.05 Å². The molecule has 0 heterocycles. The highest BCUT2D eigenvalue weighted by Gasteiger charge is 2.29. The Morgan fingerprint density at radius 2 is 2.06 bits per heavy atom. The first kappa shape index (κ1) is 13.7. The Hall–Kier alpha value is -0.730. The summed E-state index contributed by atoms with van der Waals surface area (Å²) in [5.74, 6) is 1.59. The molecule has 1 aliphatic carbocycles. The molecule has 0 aromatic heterocycles. The van der Waals surface area contributed by atoms with E-state index in [1.165, 1.54) is 25.7 Å². The summed E-state index contributed by atoms with van der Waals surface area (Å²) in [6, 6.07) is 8.05. The zero-order valence-corrected chi connectivity index (χ0v) is 11.9. The SMILES string of the molecule is CNC(C1CCCC1)C(C)Oc1cccc(Cl)c1. The van der Waals surface area contributed by atoms with Gasteiger partial charge in [-0.15, -0.1) is 0 Å². The average molecular weight is 268 g/mol. The third kappa shape index (κ3) is 3.39. The van der Waals surface area contributed by atoms with Crippen molar-refractivity contribution in [2.24, 2.45) is 5.92 Å². The lowest BCUT2D eigenvalue weighted by Gasteiger charge is -2.29. The van der Waals surface area contributed by atoms with Crippen LogP contribution in [0.25, 0.3) is 0 Å². The topological polar surface area (TPSA) is 21.3 Å². The van der Waals surface area contributed by atoms with Crippen molar-refractivity contribution < 1.29 is 4.74 Å². The van der Waals surface area contributed by atoms with Gasteiger partial charge in [0.25, 0.3) is 0 Å². The van der Waals surface area contributed by atoms with E-state index < -0.39 is 0 Å². The number of nitrogens with one attached hydrogen (secondary N) is 1. The molecule has 1 aromatic rings. The fourth-order valence-corrected chi connectivity index (χ4v) is 3.18. The van der Waals surface area contributed by atoms with Crippen LogP contribution >= 0.6 is 11.6 Å². The largest absolute Gasteiger partial charge is 0.489 e. The van der Waals surface area contributed by atoms with E-state index in [-0.39, 0.29) is 6.10 Å². The van der Waals surface area contributed by atoms with Crippen molar-refractivity contribution in [1.29, 1.82) is 0 Å². The summed E-state index contributed by atoms with van der Waals surface area (Å²) in [6.45, 7) is 2.14. The Labute approximate surface area is 115 Å². The van der Waals surface area contributed by atoms with E-state index >= 15 is 0 Å². The number of likely N-dealkylation sites (N-methyl/N-ethyl adjacent to an activating group) is 1. The van der Waals surface area contributed by atoms with Crippen molar-refractivity contribution in [3.05, 3.63) is 29.3 Å². The van der Waals surface area contributed by atoms with E-state index in [0.29, 0.717) is 6.04 Å². The van der Waals surface area contributed by atoms with Gasteiger partial charge in [0, 0.05) is 11.1 Å². The van der Waals surface area contributed by atoms with Crippen LogP contribution in [0.2, 0.25) is 5.02 Å². The van der Waals surface area contributed by atoms with Crippen molar-refractivity contribution in [3.8, 4) is 5.75 Å². The summed E-state index contributed by atoms with van der Waals surface area (Å²) in [5.41, 5.74) is 0. The molecule has 18 heavy (non-hydrogen) atoms. The van der Waals surface area contributed by atoms with Gasteiger partial charge in [0.1, 0.15) is 11.9 Å². The van der Waals surface area contributed by atoms with Crippen LogP contribution in [0.15, 0.2) is 24.3 Å². The van der Waals surface area contributed by atoms with Gasteiger partial charge in [0.05, 0.1) is 0 Å². The van der Waals surface area contributed by atoms with Gasteiger partial charge in [0.15, 0.2) is 0 Å². The lowest BCUT2D eigenvalue weighted by Crippen LogP contribution is -2.44. The number of ether oxygens (including phenoxy) is 1. The maximum absolute atomic E-state index is 6.01. The first-order valence-electron chi connectivity index (χ1n) is 6.80. The molecule has 0 aliphatic heterocycles. The van der Waals surface area contributed by atoms with E-state index in [0.717, 1.165) is 16.7 Å².